The minimum Gasteiger partial charge on any atom is -0.380 e. The molecule has 0 aliphatic rings. The Morgan fingerprint density at radius 1 is 1.21 bits per heavy atom. The van der Waals surface area contributed by atoms with Gasteiger partial charge in [0, 0.05) is 26.2 Å². The van der Waals surface area contributed by atoms with Crippen LogP contribution in [-0.2, 0) is 4.74 Å². The van der Waals surface area contributed by atoms with E-state index in [2.05, 4.69) is 31.4 Å². The predicted molar refractivity (Wildman–Crippen MR) is 61.7 cm³/mol. The van der Waals surface area contributed by atoms with Crippen molar-refractivity contribution in [1.82, 2.24) is 10.6 Å². The van der Waals surface area contributed by atoms with Gasteiger partial charge < -0.3 is 15.4 Å². The molecule has 0 aromatic rings. The molecule has 0 amide bonds. The van der Waals surface area contributed by atoms with Crippen LogP contribution in [0.5, 0.6) is 0 Å². The molecule has 0 aliphatic carbocycles. The number of hydrogen-bond donors (Lipinski definition) is 2. The van der Waals surface area contributed by atoms with Gasteiger partial charge in [-0.25, -0.2) is 0 Å². The fraction of sp³-hybridized carbons (Fsp3) is 1.00. The number of unbranched alkanes of at least 4 members (excludes halogenated alkanes) is 1. The Morgan fingerprint density at radius 3 is 2.50 bits per heavy atom. The van der Waals surface area contributed by atoms with Gasteiger partial charge in [0.25, 0.3) is 0 Å². The molecule has 0 spiro atoms. The van der Waals surface area contributed by atoms with E-state index in [1.807, 2.05) is 0 Å². The number of nitrogens with one attached hydrogen (secondary N) is 2. The zero-order valence-electron chi connectivity index (χ0n) is 10.1. The molecule has 0 saturated carbocycles. The summed E-state index contributed by atoms with van der Waals surface area (Å²) in [5, 5.41) is 6.85. The second-order valence-corrected chi connectivity index (χ2v) is 3.91. The summed E-state index contributed by atoms with van der Waals surface area (Å²) < 4.78 is 5.16. The summed E-state index contributed by atoms with van der Waals surface area (Å²) in [5.74, 6) is 0. The zero-order chi connectivity index (χ0) is 10.8. The molecule has 0 fully saturated rings. The topological polar surface area (TPSA) is 33.3 Å². The summed E-state index contributed by atoms with van der Waals surface area (Å²) in [4.78, 5) is 0. The average molecular weight is 202 g/mol. The van der Waals surface area contributed by atoms with Crippen molar-refractivity contribution in [3.05, 3.63) is 0 Å². The molecular formula is C11H26N2O. The van der Waals surface area contributed by atoms with Crippen LogP contribution >= 0.6 is 0 Å². The van der Waals surface area contributed by atoms with E-state index >= 15 is 0 Å². The van der Waals surface area contributed by atoms with Crippen molar-refractivity contribution in [3.8, 4) is 0 Å². The first-order chi connectivity index (χ1) is 6.70. The number of methoxy groups -OCH3 is 1. The maximum atomic E-state index is 5.16. The Kier molecular flexibility index (Phi) is 9.35. The van der Waals surface area contributed by atoms with E-state index in [0.29, 0.717) is 12.1 Å². The largest absolute Gasteiger partial charge is 0.380 e. The quantitative estimate of drug-likeness (QED) is 0.554. The Labute approximate surface area is 88.6 Å². The molecule has 3 nitrogen and oxygen atoms in total. The Hall–Kier alpha value is -0.120. The Morgan fingerprint density at radius 2 is 1.93 bits per heavy atom. The lowest BCUT2D eigenvalue weighted by Gasteiger charge is -2.17. The number of hydrogen-bond acceptors (Lipinski definition) is 3. The highest BCUT2D eigenvalue weighted by atomic mass is 16.5. The third-order valence-electron chi connectivity index (χ3n) is 2.31. The molecule has 0 saturated heterocycles. The summed E-state index contributed by atoms with van der Waals surface area (Å²) in [6.07, 6.45) is 2.82. The molecule has 0 heterocycles. The van der Waals surface area contributed by atoms with Gasteiger partial charge in [-0.15, -0.1) is 0 Å². The van der Waals surface area contributed by atoms with E-state index < -0.39 is 0 Å². The molecule has 14 heavy (non-hydrogen) atoms. The third kappa shape index (κ3) is 8.48. The van der Waals surface area contributed by atoms with E-state index in [1.54, 1.807) is 7.11 Å². The standard InChI is InChI=1S/C11H26N2O/c1-5-6-7-12-8-10(2)13-9-11(3)14-4/h10-13H,5-9H2,1-4H3. The first kappa shape index (κ1) is 13.9. The van der Waals surface area contributed by atoms with Gasteiger partial charge in [0.1, 0.15) is 0 Å². The molecule has 0 aliphatic heterocycles. The van der Waals surface area contributed by atoms with Crippen LogP contribution in [0.25, 0.3) is 0 Å². The van der Waals surface area contributed by atoms with Crippen molar-refractivity contribution in [1.29, 1.82) is 0 Å². The minimum atomic E-state index is 0.299. The fourth-order valence-electron chi connectivity index (χ4n) is 1.14. The van der Waals surface area contributed by atoms with Gasteiger partial charge in [-0.05, 0) is 26.8 Å². The van der Waals surface area contributed by atoms with Crippen molar-refractivity contribution in [2.75, 3.05) is 26.7 Å². The van der Waals surface area contributed by atoms with Crippen LogP contribution in [0, 0.1) is 0 Å². The van der Waals surface area contributed by atoms with E-state index in [1.165, 1.54) is 12.8 Å². The lowest BCUT2D eigenvalue weighted by molar-refractivity contribution is 0.115. The van der Waals surface area contributed by atoms with Gasteiger partial charge in [-0.2, -0.15) is 0 Å². The predicted octanol–water partition coefficient (Wildman–Crippen LogP) is 1.39. The van der Waals surface area contributed by atoms with E-state index in [9.17, 15) is 0 Å². The fourth-order valence-corrected chi connectivity index (χ4v) is 1.14. The minimum absolute atomic E-state index is 0.299. The third-order valence-corrected chi connectivity index (χ3v) is 2.31. The van der Waals surface area contributed by atoms with Gasteiger partial charge >= 0.3 is 0 Å². The summed E-state index contributed by atoms with van der Waals surface area (Å²) >= 11 is 0. The van der Waals surface area contributed by atoms with E-state index in [0.717, 1.165) is 19.6 Å². The molecule has 0 rings (SSSR count). The maximum absolute atomic E-state index is 5.16. The van der Waals surface area contributed by atoms with Gasteiger partial charge in [0.15, 0.2) is 0 Å². The number of ether oxygens (including phenoxy) is 1. The first-order valence-corrected chi connectivity index (χ1v) is 5.67. The molecular weight excluding hydrogens is 176 g/mol. The van der Waals surface area contributed by atoms with E-state index in [4.69, 9.17) is 4.74 Å². The zero-order valence-corrected chi connectivity index (χ0v) is 10.1. The van der Waals surface area contributed by atoms with Gasteiger partial charge in [0.05, 0.1) is 6.10 Å². The van der Waals surface area contributed by atoms with Crippen molar-refractivity contribution in [2.45, 2.75) is 45.8 Å². The highest BCUT2D eigenvalue weighted by Gasteiger charge is 2.03. The number of rotatable bonds is 9. The smallest absolute Gasteiger partial charge is 0.0667 e. The van der Waals surface area contributed by atoms with Crippen molar-refractivity contribution in [2.24, 2.45) is 0 Å². The lowest BCUT2D eigenvalue weighted by atomic mass is 10.3. The molecule has 2 unspecified atom stereocenters. The average Bonchev–Trinajstić information content (AvgIpc) is 2.21. The van der Waals surface area contributed by atoms with Crippen LogP contribution < -0.4 is 10.6 Å². The normalized spacial score (nSPS) is 15.4. The molecule has 3 heteroatoms. The molecule has 0 radical (unpaired) electrons. The monoisotopic (exact) mass is 202 g/mol. The van der Waals surface area contributed by atoms with Crippen molar-refractivity contribution >= 4 is 0 Å². The highest BCUT2D eigenvalue weighted by Crippen LogP contribution is 1.87. The van der Waals surface area contributed by atoms with Gasteiger partial charge in [-0.3, -0.25) is 0 Å². The van der Waals surface area contributed by atoms with Gasteiger partial charge in [0.2, 0.25) is 0 Å². The second-order valence-electron chi connectivity index (χ2n) is 3.91. The summed E-state index contributed by atoms with van der Waals surface area (Å²) in [5.41, 5.74) is 0. The molecule has 0 bridgehead atoms. The maximum Gasteiger partial charge on any atom is 0.0667 e. The summed E-state index contributed by atoms with van der Waals surface area (Å²) in [6.45, 7) is 9.57. The Bertz CT molecular complexity index is 120. The summed E-state index contributed by atoms with van der Waals surface area (Å²) in [7, 11) is 1.75. The Balaban J connectivity index is 3.23. The molecule has 86 valence electrons. The second kappa shape index (κ2) is 9.44. The van der Waals surface area contributed by atoms with Crippen LogP contribution in [0.1, 0.15) is 33.6 Å². The van der Waals surface area contributed by atoms with Crippen molar-refractivity contribution < 1.29 is 4.74 Å². The van der Waals surface area contributed by atoms with Gasteiger partial charge in [-0.1, -0.05) is 13.3 Å². The molecule has 0 aromatic carbocycles. The van der Waals surface area contributed by atoms with Crippen LogP contribution in [0.2, 0.25) is 0 Å². The van der Waals surface area contributed by atoms with Crippen LogP contribution in [-0.4, -0.2) is 38.9 Å². The van der Waals surface area contributed by atoms with Crippen molar-refractivity contribution in [3.63, 3.8) is 0 Å². The van der Waals surface area contributed by atoms with Crippen LogP contribution in [0.3, 0.4) is 0 Å². The SMILES string of the molecule is CCCCNCC(C)NCC(C)OC. The summed E-state index contributed by atoms with van der Waals surface area (Å²) in [6, 6.07) is 0.518. The van der Waals surface area contributed by atoms with Crippen LogP contribution in [0.15, 0.2) is 0 Å². The van der Waals surface area contributed by atoms with Crippen LogP contribution in [0.4, 0.5) is 0 Å². The van der Waals surface area contributed by atoms with E-state index in [-0.39, 0.29) is 0 Å². The lowest BCUT2D eigenvalue weighted by Crippen LogP contribution is -2.40. The highest BCUT2D eigenvalue weighted by molar-refractivity contribution is 4.65. The molecule has 2 atom stereocenters. The molecule has 0 aromatic heterocycles. The molecule has 2 N–H and O–H groups in total. The first-order valence-electron chi connectivity index (χ1n) is 5.67.